The monoisotopic (exact) mass is 388 g/mol. The summed E-state index contributed by atoms with van der Waals surface area (Å²) in [6, 6.07) is 5.64. The zero-order valence-corrected chi connectivity index (χ0v) is 16.1. The zero-order valence-electron chi connectivity index (χ0n) is 15.3. The lowest BCUT2D eigenvalue weighted by Gasteiger charge is -2.29. The largest absolute Gasteiger partial charge is 0.496 e. The van der Waals surface area contributed by atoms with Crippen LogP contribution in [0.2, 0.25) is 0 Å². The summed E-state index contributed by atoms with van der Waals surface area (Å²) in [5.41, 5.74) is 3.82. The highest BCUT2D eigenvalue weighted by Crippen LogP contribution is 2.29. The van der Waals surface area contributed by atoms with Crippen LogP contribution in [0.4, 0.5) is 10.1 Å². The summed E-state index contributed by atoms with van der Waals surface area (Å²) < 4.78 is 25.6. The molecule has 1 N–H and O–H groups in total. The zero-order chi connectivity index (χ0) is 18.8. The number of halogens is 1. The minimum absolute atomic E-state index is 0.263. The van der Waals surface area contributed by atoms with Gasteiger partial charge < -0.3 is 19.4 Å². The van der Waals surface area contributed by atoms with E-state index in [1.165, 1.54) is 11.8 Å². The molecule has 0 aliphatic carbocycles. The standard InChI is InChI=1S/C19H21FN4O2S/c1-12-9-13-14(10-17(12)25-2)23-19(22-13)27-11-15-18(20)16(3-4-21-15)24-5-7-26-8-6-24/h3-4,9-10H,5-8,11H2,1-2H3,(H,22,23). The molecule has 3 aromatic rings. The Labute approximate surface area is 161 Å². The van der Waals surface area contributed by atoms with Crippen molar-refractivity contribution in [2.45, 2.75) is 17.8 Å². The number of methoxy groups -OCH3 is 1. The summed E-state index contributed by atoms with van der Waals surface area (Å²) in [7, 11) is 1.65. The van der Waals surface area contributed by atoms with Gasteiger partial charge in [-0.2, -0.15) is 0 Å². The number of rotatable bonds is 5. The predicted molar refractivity (Wildman–Crippen MR) is 104 cm³/mol. The van der Waals surface area contributed by atoms with Crippen molar-refractivity contribution < 1.29 is 13.9 Å². The summed E-state index contributed by atoms with van der Waals surface area (Å²) in [6.07, 6.45) is 1.66. The Hall–Kier alpha value is -2.32. The second-order valence-corrected chi connectivity index (χ2v) is 7.32. The number of ether oxygens (including phenoxy) is 2. The number of imidazole rings is 1. The smallest absolute Gasteiger partial charge is 0.168 e. The molecule has 3 heterocycles. The van der Waals surface area contributed by atoms with Gasteiger partial charge in [0.05, 0.1) is 42.7 Å². The Morgan fingerprint density at radius 2 is 2.15 bits per heavy atom. The van der Waals surface area contributed by atoms with Crippen LogP contribution in [-0.2, 0) is 10.5 Å². The first-order valence-electron chi connectivity index (χ1n) is 8.79. The highest BCUT2D eigenvalue weighted by Gasteiger charge is 2.18. The Kier molecular flexibility index (Phi) is 5.18. The van der Waals surface area contributed by atoms with E-state index in [9.17, 15) is 4.39 Å². The normalized spacial score (nSPS) is 14.7. The summed E-state index contributed by atoms with van der Waals surface area (Å²) in [5, 5.41) is 0.732. The second kappa shape index (κ2) is 7.74. The van der Waals surface area contributed by atoms with Gasteiger partial charge in [0.2, 0.25) is 0 Å². The Bertz CT molecular complexity index is 956. The highest BCUT2D eigenvalue weighted by molar-refractivity contribution is 7.98. The van der Waals surface area contributed by atoms with Gasteiger partial charge in [0, 0.05) is 31.1 Å². The number of fused-ring (bicyclic) bond motifs is 1. The van der Waals surface area contributed by atoms with Gasteiger partial charge in [0.15, 0.2) is 11.0 Å². The lowest BCUT2D eigenvalue weighted by Crippen LogP contribution is -2.36. The van der Waals surface area contributed by atoms with E-state index >= 15 is 0 Å². The molecule has 0 amide bonds. The summed E-state index contributed by atoms with van der Waals surface area (Å²) in [5.74, 6) is 0.942. The number of anilines is 1. The number of aromatic nitrogens is 3. The van der Waals surface area contributed by atoms with Gasteiger partial charge in [0.1, 0.15) is 5.75 Å². The molecule has 1 aliphatic heterocycles. The molecule has 0 spiro atoms. The summed E-state index contributed by atoms with van der Waals surface area (Å²) >= 11 is 1.43. The Morgan fingerprint density at radius 3 is 2.93 bits per heavy atom. The first kappa shape index (κ1) is 18.1. The van der Waals surface area contributed by atoms with Crippen LogP contribution in [0.5, 0.6) is 5.75 Å². The average molecular weight is 388 g/mol. The van der Waals surface area contributed by atoms with Crippen LogP contribution in [-0.4, -0.2) is 48.4 Å². The van der Waals surface area contributed by atoms with E-state index in [0.29, 0.717) is 43.4 Å². The number of nitrogens with one attached hydrogen (secondary N) is 1. The van der Waals surface area contributed by atoms with Crippen LogP contribution in [0, 0.1) is 12.7 Å². The lowest BCUT2D eigenvalue weighted by atomic mass is 10.2. The molecule has 4 rings (SSSR count). The molecule has 0 unspecified atom stereocenters. The van der Waals surface area contributed by atoms with E-state index in [2.05, 4.69) is 15.0 Å². The average Bonchev–Trinajstić information content (AvgIpc) is 3.08. The minimum atomic E-state index is -0.263. The minimum Gasteiger partial charge on any atom is -0.496 e. The van der Waals surface area contributed by atoms with Gasteiger partial charge in [-0.3, -0.25) is 4.98 Å². The van der Waals surface area contributed by atoms with Crippen molar-refractivity contribution in [2.24, 2.45) is 0 Å². The van der Waals surface area contributed by atoms with Crippen molar-refractivity contribution in [1.29, 1.82) is 0 Å². The number of nitrogens with zero attached hydrogens (tertiary/aromatic N) is 3. The third-order valence-electron chi connectivity index (χ3n) is 4.62. The molecule has 0 saturated carbocycles. The molecule has 0 bridgehead atoms. The number of aromatic amines is 1. The van der Waals surface area contributed by atoms with Crippen molar-refractivity contribution >= 4 is 28.5 Å². The topological polar surface area (TPSA) is 63.3 Å². The highest BCUT2D eigenvalue weighted by atomic mass is 32.2. The van der Waals surface area contributed by atoms with E-state index in [1.807, 2.05) is 24.0 Å². The Balaban J connectivity index is 1.52. The van der Waals surface area contributed by atoms with E-state index in [0.717, 1.165) is 27.5 Å². The molecular formula is C19H21FN4O2S. The van der Waals surface area contributed by atoms with Crippen LogP contribution >= 0.6 is 11.8 Å². The van der Waals surface area contributed by atoms with Crippen molar-refractivity contribution in [3.8, 4) is 5.75 Å². The lowest BCUT2D eigenvalue weighted by molar-refractivity contribution is 0.122. The number of morpholine rings is 1. The van der Waals surface area contributed by atoms with Crippen LogP contribution in [0.3, 0.4) is 0 Å². The van der Waals surface area contributed by atoms with E-state index in [1.54, 1.807) is 19.4 Å². The molecular weight excluding hydrogens is 367 g/mol. The maximum atomic E-state index is 14.9. The van der Waals surface area contributed by atoms with Gasteiger partial charge in [-0.05, 0) is 24.6 Å². The number of hydrogen-bond donors (Lipinski definition) is 1. The molecule has 8 heteroatoms. The molecule has 142 valence electrons. The van der Waals surface area contributed by atoms with Crippen molar-refractivity contribution in [2.75, 3.05) is 38.3 Å². The first-order valence-corrected chi connectivity index (χ1v) is 9.77. The number of pyridine rings is 1. The quantitative estimate of drug-likeness (QED) is 0.675. The second-order valence-electron chi connectivity index (χ2n) is 6.36. The van der Waals surface area contributed by atoms with Gasteiger partial charge in [-0.1, -0.05) is 11.8 Å². The molecule has 1 aliphatic rings. The van der Waals surface area contributed by atoms with E-state index < -0.39 is 0 Å². The number of H-pyrrole nitrogens is 1. The molecule has 27 heavy (non-hydrogen) atoms. The number of hydrogen-bond acceptors (Lipinski definition) is 6. The summed E-state index contributed by atoms with van der Waals surface area (Å²) in [4.78, 5) is 14.1. The fourth-order valence-corrected chi connectivity index (χ4v) is 3.99. The van der Waals surface area contributed by atoms with Crippen LogP contribution in [0.25, 0.3) is 11.0 Å². The predicted octanol–water partition coefficient (Wildman–Crippen LogP) is 3.54. The fraction of sp³-hybridized carbons (Fsp3) is 0.368. The summed E-state index contributed by atoms with van der Waals surface area (Å²) in [6.45, 7) is 4.61. The molecule has 0 radical (unpaired) electrons. The van der Waals surface area contributed by atoms with Gasteiger partial charge in [0.25, 0.3) is 0 Å². The van der Waals surface area contributed by atoms with Gasteiger partial charge in [-0.25, -0.2) is 9.37 Å². The molecule has 1 fully saturated rings. The van der Waals surface area contributed by atoms with Crippen molar-refractivity contribution in [3.05, 3.63) is 41.5 Å². The van der Waals surface area contributed by atoms with Crippen LogP contribution in [0.15, 0.2) is 29.6 Å². The third kappa shape index (κ3) is 3.72. The van der Waals surface area contributed by atoms with Crippen LogP contribution < -0.4 is 9.64 Å². The van der Waals surface area contributed by atoms with Gasteiger partial charge in [-0.15, -0.1) is 0 Å². The van der Waals surface area contributed by atoms with Gasteiger partial charge >= 0.3 is 0 Å². The number of aryl methyl sites for hydroxylation is 1. The molecule has 6 nitrogen and oxygen atoms in total. The van der Waals surface area contributed by atoms with Crippen LogP contribution in [0.1, 0.15) is 11.3 Å². The number of benzene rings is 1. The molecule has 0 atom stereocenters. The Morgan fingerprint density at radius 1 is 1.33 bits per heavy atom. The van der Waals surface area contributed by atoms with Crippen molar-refractivity contribution in [1.82, 2.24) is 15.0 Å². The molecule has 2 aromatic heterocycles. The third-order valence-corrected chi connectivity index (χ3v) is 5.50. The maximum absolute atomic E-state index is 14.9. The molecule has 1 saturated heterocycles. The van der Waals surface area contributed by atoms with E-state index in [4.69, 9.17) is 9.47 Å². The fourth-order valence-electron chi connectivity index (χ4n) is 3.17. The first-order chi connectivity index (χ1) is 13.2. The number of thioether (sulfide) groups is 1. The van der Waals surface area contributed by atoms with E-state index in [-0.39, 0.29) is 5.82 Å². The maximum Gasteiger partial charge on any atom is 0.168 e. The SMILES string of the molecule is COc1cc2nc(SCc3nccc(N4CCOCC4)c3F)[nH]c2cc1C. The molecule has 1 aromatic carbocycles. The van der Waals surface area contributed by atoms with Crippen molar-refractivity contribution in [3.63, 3.8) is 0 Å².